The second-order valence-electron chi connectivity index (χ2n) is 5.17. The molecule has 0 aliphatic rings. The van der Waals surface area contributed by atoms with E-state index in [4.69, 9.17) is 28.2 Å². The second kappa shape index (κ2) is 41.1. The van der Waals surface area contributed by atoms with Crippen molar-refractivity contribution in [3.8, 4) is 0 Å². The molecule has 3 radical (unpaired) electrons. The third-order valence-electron chi connectivity index (χ3n) is 0.940. The average Bonchev–Trinajstić information content (AvgIpc) is 2.38. The molecule has 13 heteroatoms. The van der Waals surface area contributed by atoms with E-state index in [1.54, 1.807) is 0 Å². The zero-order chi connectivity index (χ0) is 19.9. The number of rotatable bonds is 3. The normalized spacial score (nSPS) is 7.54. The van der Waals surface area contributed by atoms with Gasteiger partial charge in [-0.15, -0.1) is 0 Å². The Labute approximate surface area is 233 Å². The van der Waals surface area contributed by atoms with Gasteiger partial charge in [0.1, 0.15) is 5.67 Å². The van der Waals surface area contributed by atoms with E-state index in [1.165, 1.54) is 33.5 Å². The van der Waals surface area contributed by atoms with Gasteiger partial charge in [0.15, 0.2) is 0 Å². The number of alkyl halides is 1. The van der Waals surface area contributed by atoms with Crippen LogP contribution in [0, 0.1) is 5.41 Å². The van der Waals surface area contributed by atoms with Gasteiger partial charge in [-0.3, -0.25) is 6.29 Å². The van der Waals surface area contributed by atoms with Gasteiger partial charge in [0.05, 0.1) is 13.2 Å². The number of carbonyl (C=O) groups excluding carboxylic acids is 2. The molecule has 0 aromatic carbocycles. The van der Waals surface area contributed by atoms with Crippen molar-refractivity contribution >= 4 is 30.8 Å². The van der Waals surface area contributed by atoms with E-state index in [0.717, 1.165) is 0 Å². The molecule has 0 unspecified atom stereocenters. The Morgan fingerprint density at radius 3 is 1.23 bits per heavy atom. The standard InChI is InChI=1S/C6H11O2.C4H9FO.C2H3O.CHO2.O2S.3Y/c1-6(2,3)4-8-5-7;1-4(2,5)3-6;1-2-3;2-1-3;1-3-2;;;/h4H2,1-3H3;6H,3H2,1-2H3;1H3;(H,2,3);;;;/q-1;;2*-1;;;;. The molecular weight excluding hydrogens is 602 g/mol. The van der Waals surface area contributed by atoms with Gasteiger partial charge >= 0.3 is 11.6 Å². The summed E-state index contributed by atoms with van der Waals surface area (Å²) in [6.07, 6.45) is 1.50. The maximum Gasteiger partial charge on any atom is 0.335 e. The van der Waals surface area contributed by atoms with E-state index in [2.05, 4.69) is 4.74 Å². The number of aliphatic hydroxyl groups is 1. The monoisotopic (exact) mass is 626 g/mol. The molecule has 0 saturated heterocycles. The average molecular weight is 626 g/mol. The smallest absolute Gasteiger partial charge is 0.335 e. The van der Waals surface area contributed by atoms with Gasteiger partial charge in [-0.2, -0.15) is 15.3 Å². The fourth-order valence-electron chi connectivity index (χ4n) is 0.246. The molecule has 0 aliphatic heterocycles. The minimum atomic E-state index is -1.40. The first-order valence-electron chi connectivity index (χ1n) is 5.87. The Hall–Kier alpha value is 1.63. The van der Waals surface area contributed by atoms with Gasteiger partial charge in [0.25, 0.3) is 0 Å². The van der Waals surface area contributed by atoms with Crippen molar-refractivity contribution in [3.05, 3.63) is 0 Å². The minimum Gasteiger partial charge on any atom is -0.665 e. The van der Waals surface area contributed by atoms with Gasteiger partial charge < -0.3 is 29.3 Å². The van der Waals surface area contributed by atoms with Crippen molar-refractivity contribution in [1.82, 2.24) is 0 Å². The number of hydrogen-bond acceptors (Lipinski definition) is 7. The summed E-state index contributed by atoms with van der Waals surface area (Å²) in [6, 6.07) is 0. The zero-order valence-electron chi connectivity index (χ0n) is 15.8. The van der Waals surface area contributed by atoms with E-state index in [9.17, 15) is 9.18 Å². The maximum absolute atomic E-state index is 11.9. The van der Waals surface area contributed by atoms with Crippen molar-refractivity contribution in [1.29, 1.82) is 0 Å². The molecule has 0 amide bonds. The van der Waals surface area contributed by atoms with E-state index in [0.29, 0.717) is 13.1 Å². The number of aliphatic hydroxyl groups excluding tert-OH is 2. The maximum atomic E-state index is 11.9. The van der Waals surface area contributed by atoms with Crippen LogP contribution in [0.25, 0.3) is 0 Å². The van der Waals surface area contributed by atoms with Crippen molar-refractivity contribution in [2.45, 2.75) is 47.2 Å². The van der Waals surface area contributed by atoms with Crippen LogP contribution in [-0.4, -0.2) is 56.7 Å². The van der Waals surface area contributed by atoms with Crippen LogP contribution in [0.2, 0.25) is 0 Å². The minimum absolute atomic E-state index is 0. The summed E-state index contributed by atoms with van der Waals surface area (Å²) in [5.41, 5.74) is -1.34. The molecule has 26 heavy (non-hydrogen) atoms. The molecule has 2 N–H and O–H groups in total. The molecule has 0 spiro atoms. The zero-order valence-corrected chi connectivity index (χ0v) is 25.1. The fourth-order valence-corrected chi connectivity index (χ4v) is 0.246. The molecular formula is C13H24FO8SY3-3. The molecule has 0 aliphatic carbocycles. The van der Waals surface area contributed by atoms with Crippen molar-refractivity contribution < 1.29 is 140 Å². The van der Waals surface area contributed by atoms with Crippen LogP contribution in [0.15, 0.2) is 0 Å². The van der Waals surface area contributed by atoms with E-state index in [-0.39, 0.29) is 104 Å². The van der Waals surface area contributed by atoms with Crippen LogP contribution in [0.5, 0.6) is 0 Å². The van der Waals surface area contributed by atoms with Gasteiger partial charge in [0.2, 0.25) is 0 Å². The van der Waals surface area contributed by atoms with Crippen LogP contribution < -0.4 is 0 Å². The van der Waals surface area contributed by atoms with Gasteiger partial charge in [-0.05, 0) is 19.3 Å². The number of ether oxygens (including phenoxy) is 1. The number of halogens is 1. The summed E-state index contributed by atoms with van der Waals surface area (Å²) >= 11 is -0.750. The first-order chi connectivity index (χ1) is 10.4. The van der Waals surface area contributed by atoms with Crippen LogP contribution in [0.3, 0.4) is 0 Å². The first-order valence-corrected chi connectivity index (χ1v) is 6.54. The summed E-state index contributed by atoms with van der Waals surface area (Å²) in [6.45, 7) is 11.9. The molecule has 0 rings (SSSR count). The van der Waals surface area contributed by atoms with Crippen LogP contribution >= 0.6 is 0 Å². The van der Waals surface area contributed by atoms with Gasteiger partial charge in [-0.25, -0.2) is 4.39 Å². The summed E-state index contributed by atoms with van der Waals surface area (Å²) in [4.78, 5) is 26.4. The predicted molar refractivity (Wildman–Crippen MR) is 82.0 cm³/mol. The SMILES string of the molecule is CC(C)(C)CO[C-]=O.CC(C)(F)CO.C[C-]=O.O=S=O.O=[C-]O.[Y].[Y].[Y]. The van der Waals surface area contributed by atoms with Crippen LogP contribution in [0.4, 0.5) is 4.39 Å². The second-order valence-corrected chi connectivity index (χ2v) is 5.31. The first kappa shape index (κ1) is 50.8. The Bertz CT molecular complexity index is 299. The van der Waals surface area contributed by atoms with Gasteiger partial charge in [0, 0.05) is 98.1 Å². The molecule has 0 aromatic heterocycles. The Morgan fingerprint density at radius 2 is 1.19 bits per heavy atom. The summed E-state index contributed by atoms with van der Waals surface area (Å²) in [7, 11) is 0. The predicted octanol–water partition coefficient (Wildman–Crippen LogP) is 0.893. The van der Waals surface area contributed by atoms with Crippen LogP contribution in [0.1, 0.15) is 41.5 Å². The summed E-state index contributed by atoms with van der Waals surface area (Å²) in [5.74, 6) is 0. The van der Waals surface area contributed by atoms with Crippen molar-refractivity contribution in [3.63, 3.8) is 0 Å². The molecule has 0 saturated carbocycles. The molecule has 149 valence electrons. The quantitative estimate of drug-likeness (QED) is 0.442. The largest absolute Gasteiger partial charge is 0.665 e. The van der Waals surface area contributed by atoms with Crippen molar-refractivity contribution in [2.75, 3.05) is 13.2 Å². The Kier molecular flexibility index (Phi) is 80.4. The van der Waals surface area contributed by atoms with Crippen LogP contribution in [-0.2, 0) is 129 Å². The Balaban J connectivity index is -0.0000000270. The summed E-state index contributed by atoms with van der Waals surface area (Å²) in [5, 5.41) is 14.8. The van der Waals surface area contributed by atoms with E-state index in [1.807, 2.05) is 20.8 Å². The van der Waals surface area contributed by atoms with E-state index < -0.39 is 23.8 Å². The molecule has 8 nitrogen and oxygen atoms in total. The topological polar surface area (TPSA) is 135 Å². The molecule has 0 atom stereocenters. The molecule has 0 aromatic rings. The third kappa shape index (κ3) is 168. The third-order valence-corrected chi connectivity index (χ3v) is 0.940. The van der Waals surface area contributed by atoms with Gasteiger partial charge in [-0.1, -0.05) is 33.7 Å². The van der Waals surface area contributed by atoms with Crippen molar-refractivity contribution in [2.24, 2.45) is 5.41 Å². The molecule has 0 bridgehead atoms. The Morgan fingerprint density at radius 1 is 1.00 bits per heavy atom. The number of hydrogen-bond donors (Lipinski definition) is 2. The summed E-state index contributed by atoms with van der Waals surface area (Å²) < 4.78 is 32.8. The van der Waals surface area contributed by atoms with E-state index >= 15 is 0 Å². The molecule has 0 heterocycles. The molecule has 0 fully saturated rings. The fraction of sp³-hybridized carbons (Fsp3) is 0.769.